The quantitative estimate of drug-likeness (QED) is 0.383. The first-order chi connectivity index (χ1) is 6.11. The van der Waals surface area contributed by atoms with Gasteiger partial charge in [-0.05, 0) is 0 Å². The van der Waals surface area contributed by atoms with Crippen LogP contribution in [0.25, 0.3) is 0 Å². The first kappa shape index (κ1) is 10.8. The predicted molar refractivity (Wildman–Crippen MR) is 42.7 cm³/mol. The molecule has 1 fully saturated rings. The molecule has 1 rings (SSSR count). The topological polar surface area (TPSA) is 105 Å². The maximum absolute atomic E-state index is 9.40. The van der Waals surface area contributed by atoms with Crippen LogP contribution >= 0.6 is 0 Å². The smallest absolute Gasteiger partial charge is 0.175 e. The van der Waals surface area contributed by atoms with Gasteiger partial charge in [0.05, 0.1) is 12.6 Å². The van der Waals surface area contributed by atoms with Gasteiger partial charge >= 0.3 is 0 Å². The monoisotopic (exact) mass is 193 g/mol. The number of aliphatic hydroxyl groups is 3. The zero-order valence-electron chi connectivity index (χ0n) is 7.33. The molecule has 0 aromatic carbocycles. The molecule has 6 nitrogen and oxygen atoms in total. The van der Waals surface area contributed by atoms with Gasteiger partial charge in [-0.3, -0.25) is 0 Å². The van der Waals surface area contributed by atoms with Gasteiger partial charge in [0, 0.05) is 7.11 Å². The molecule has 0 aliphatic carbocycles. The van der Waals surface area contributed by atoms with E-state index in [9.17, 15) is 10.2 Å². The standard InChI is InChI=1S/C7H15NO5/c1-12-7-4(8)6(11)5(10)3(2-9)13-7/h3-7,9-11H,2,8H2,1H3/t3-,4?,5-,6+,7-/m1/s1. The van der Waals surface area contributed by atoms with Crippen molar-refractivity contribution in [3.05, 3.63) is 0 Å². The van der Waals surface area contributed by atoms with Crippen molar-refractivity contribution < 1.29 is 24.8 Å². The summed E-state index contributed by atoms with van der Waals surface area (Å²) in [5.41, 5.74) is 5.50. The van der Waals surface area contributed by atoms with Crippen molar-refractivity contribution in [3.8, 4) is 0 Å². The minimum atomic E-state index is -1.17. The highest BCUT2D eigenvalue weighted by atomic mass is 16.7. The molecule has 0 aromatic rings. The zero-order chi connectivity index (χ0) is 10.0. The average Bonchev–Trinajstić information content (AvgIpc) is 2.15. The van der Waals surface area contributed by atoms with Crippen LogP contribution in [-0.2, 0) is 9.47 Å². The molecule has 1 aliphatic heterocycles. The van der Waals surface area contributed by atoms with Crippen molar-refractivity contribution in [2.45, 2.75) is 30.6 Å². The molecule has 1 unspecified atom stereocenters. The molecule has 5 N–H and O–H groups in total. The number of rotatable bonds is 2. The zero-order valence-corrected chi connectivity index (χ0v) is 7.33. The van der Waals surface area contributed by atoms with Crippen molar-refractivity contribution in [1.29, 1.82) is 0 Å². The third kappa shape index (κ3) is 1.98. The van der Waals surface area contributed by atoms with Crippen LogP contribution in [-0.4, -0.2) is 59.7 Å². The van der Waals surface area contributed by atoms with Gasteiger partial charge in [-0.2, -0.15) is 0 Å². The maximum Gasteiger partial charge on any atom is 0.175 e. The van der Waals surface area contributed by atoms with Gasteiger partial charge in [-0.25, -0.2) is 0 Å². The average molecular weight is 193 g/mol. The van der Waals surface area contributed by atoms with Crippen LogP contribution in [0.2, 0.25) is 0 Å². The van der Waals surface area contributed by atoms with Crippen LogP contribution in [0.4, 0.5) is 0 Å². The van der Waals surface area contributed by atoms with Crippen LogP contribution in [0.1, 0.15) is 0 Å². The van der Waals surface area contributed by atoms with Crippen LogP contribution in [0, 0.1) is 0 Å². The number of methoxy groups -OCH3 is 1. The Hall–Kier alpha value is -0.240. The number of nitrogens with two attached hydrogens (primary N) is 1. The summed E-state index contributed by atoms with van der Waals surface area (Å²) in [6, 6.07) is -0.803. The molecule has 0 aromatic heterocycles. The molecule has 78 valence electrons. The third-order valence-electron chi connectivity index (χ3n) is 2.16. The van der Waals surface area contributed by atoms with Gasteiger partial charge in [0.1, 0.15) is 18.3 Å². The third-order valence-corrected chi connectivity index (χ3v) is 2.16. The second kappa shape index (κ2) is 4.32. The highest BCUT2D eigenvalue weighted by Crippen LogP contribution is 2.19. The summed E-state index contributed by atoms with van der Waals surface area (Å²) >= 11 is 0. The van der Waals surface area contributed by atoms with Crippen LogP contribution < -0.4 is 5.73 Å². The number of hydrogen-bond acceptors (Lipinski definition) is 6. The minimum Gasteiger partial charge on any atom is -0.394 e. The fourth-order valence-electron chi connectivity index (χ4n) is 1.32. The van der Waals surface area contributed by atoms with Gasteiger partial charge in [0.2, 0.25) is 0 Å². The summed E-state index contributed by atoms with van der Waals surface area (Å²) < 4.78 is 9.90. The molecule has 0 saturated carbocycles. The van der Waals surface area contributed by atoms with Gasteiger partial charge in [0.15, 0.2) is 6.29 Å². The number of hydrogen-bond donors (Lipinski definition) is 4. The van der Waals surface area contributed by atoms with Crippen molar-refractivity contribution in [1.82, 2.24) is 0 Å². The Kier molecular flexibility index (Phi) is 3.60. The predicted octanol–water partition coefficient (Wildman–Crippen LogP) is -2.60. The summed E-state index contributed by atoms with van der Waals surface area (Å²) in [5, 5.41) is 27.5. The van der Waals surface area contributed by atoms with Crippen molar-refractivity contribution in [2.24, 2.45) is 5.73 Å². The number of aliphatic hydroxyl groups excluding tert-OH is 3. The Balaban J connectivity index is 2.66. The second-order valence-electron chi connectivity index (χ2n) is 3.02. The van der Waals surface area contributed by atoms with Gasteiger partial charge in [0.25, 0.3) is 0 Å². The van der Waals surface area contributed by atoms with E-state index in [2.05, 4.69) is 0 Å². The molecular weight excluding hydrogens is 178 g/mol. The Morgan fingerprint density at radius 2 is 2.00 bits per heavy atom. The molecule has 0 amide bonds. The maximum atomic E-state index is 9.40. The first-order valence-corrected chi connectivity index (χ1v) is 4.02. The summed E-state index contributed by atoms with van der Waals surface area (Å²) in [6.07, 6.45) is -3.96. The highest BCUT2D eigenvalue weighted by Gasteiger charge is 2.42. The molecule has 0 spiro atoms. The van der Waals surface area contributed by atoms with E-state index < -0.39 is 30.6 Å². The Morgan fingerprint density at radius 3 is 2.46 bits per heavy atom. The SMILES string of the molecule is CO[C@@H]1O[C@H](CO)[C@@H](O)[C@@H](O)C1N. The van der Waals surface area contributed by atoms with E-state index in [4.69, 9.17) is 20.3 Å². The van der Waals surface area contributed by atoms with Crippen LogP contribution in [0.5, 0.6) is 0 Å². The van der Waals surface area contributed by atoms with Gasteiger partial charge in [-0.1, -0.05) is 0 Å². The molecule has 5 atom stereocenters. The fraction of sp³-hybridized carbons (Fsp3) is 1.00. The van der Waals surface area contributed by atoms with Crippen LogP contribution in [0.15, 0.2) is 0 Å². The van der Waals surface area contributed by atoms with E-state index in [1.165, 1.54) is 7.11 Å². The van der Waals surface area contributed by atoms with Gasteiger partial charge < -0.3 is 30.5 Å². The lowest BCUT2D eigenvalue weighted by Gasteiger charge is -2.39. The highest BCUT2D eigenvalue weighted by molar-refractivity contribution is 4.91. The molecular formula is C7H15NO5. The second-order valence-corrected chi connectivity index (χ2v) is 3.02. The van der Waals surface area contributed by atoms with E-state index in [0.717, 1.165) is 0 Å². The van der Waals surface area contributed by atoms with Crippen molar-refractivity contribution >= 4 is 0 Å². The Bertz CT molecular complexity index is 147. The minimum absolute atomic E-state index is 0.384. The Labute approximate surface area is 75.9 Å². The lowest BCUT2D eigenvalue weighted by Crippen LogP contribution is -2.62. The molecule has 13 heavy (non-hydrogen) atoms. The summed E-state index contributed by atoms with van der Waals surface area (Å²) in [4.78, 5) is 0. The lowest BCUT2D eigenvalue weighted by molar-refractivity contribution is -0.257. The first-order valence-electron chi connectivity index (χ1n) is 4.02. The summed E-state index contributed by atoms with van der Waals surface area (Å²) in [6.45, 7) is -0.384. The fourth-order valence-corrected chi connectivity index (χ4v) is 1.32. The van der Waals surface area contributed by atoms with Crippen molar-refractivity contribution in [2.75, 3.05) is 13.7 Å². The Morgan fingerprint density at radius 1 is 1.38 bits per heavy atom. The molecule has 0 bridgehead atoms. The van der Waals surface area contributed by atoms with E-state index in [-0.39, 0.29) is 6.61 Å². The van der Waals surface area contributed by atoms with E-state index in [0.29, 0.717) is 0 Å². The lowest BCUT2D eigenvalue weighted by atomic mass is 9.98. The molecule has 0 radical (unpaired) electrons. The van der Waals surface area contributed by atoms with Crippen molar-refractivity contribution in [3.63, 3.8) is 0 Å². The van der Waals surface area contributed by atoms with Gasteiger partial charge in [-0.15, -0.1) is 0 Å². The van der Waals surface area contributed by atoms with E-state index in [1.807, 2.05) is 0 Å². The van der Waals surface area contributed by atoms with Crippen LogP contribution in [0.3, 0.4) is 0 Å². The molecule has 1 aliphatic rings. The summed E-state index contributed by atoms with van der Waals surface area (Å²) in [5.74, 6) is 0. The van der Waals surface area contributed by atoms with E-state index in [1.54, 1.807) is 0 Å². The summed E-state index contributed by atoms with van der Waals surface area (Å²) in [7, 11) is 1.38. The number of ether oxygens (including phenoxy) is 2. The molecule has 1 saturated heterocycles. The molecule has 6 heteroatoms. The largest absolute Gasteiger partial charge is 0.394 e. The van der Waals surface area contributed by atoms with E-state index >= 15 is 0 Å². The normalized spacial score (nSPS) is 46.4. The molecule has 1 heterocycles.